The van der Waals surface area contributed by atoms with Crippen LogP contribution in [0, 0.1) is 0 Å². The van der Waals surface area contributed by atoms with E-state index in [1.54, 1.807) is 24.3 Å². The van der Waals surface area contributed by atoms with Gasteiger partial charge in [-0.1, -0.05) is 19.1 Å². The molecule has 0 saturated carbocycles. The number of para-hydroxylation sites is 1. The minimum absolute atomic E-state index is 0.109. The zero-order chi connectivity index (χ0) is 16.7. The molecule has 6 nitrogen and oxygen atoms in total. The van der Waals surface area contributed by atoms with E-state index in [2.05, 4.69) is 15.6 Å². The van der Waals surface area contributed by atoms with Gasteiger partial charge in [-0.2, -0.15) is 0 Å². The Morgan fingerprint density at radius 3 is 2.78 bits per heavy atom. The van der Waals surface area contributed by atoms with Gasteiger partial charge in [0.2, 0.25) is 0 Å². The van der Waals surface area contributed by atoms with Crippen molar-refractivity contribution in [3.05, 3.63) is 47.7 Å². The van der Waals surface area contributed by atoms with E-state index in [0.29, 0.717) is 35.8 Å². The maximum atomic E-state index is 11.8. The number of nitrogens with zero attached hydrogens (tertiary/aromatic N) is 1. The van der Waals surface area contributed by atoms with Gasteiger partial charge in [0, 0.05) is 24.8 Å². The molecule has 0 radical (unpaired) electrons. The number of carbonyl (C=O) groups excluding carboxylic acids is 1. The Hall–Kier alpha value is -2.76. The number of phenols is 1. The van der Waals surface area contributed by atoms with Crippen molar-refractivity contribution in [2.45, 2.75) is 19.9 Å². The standard InChI is InChI=1S/C17H21N3O3/c1-3-9-18-17(22)13-7-8-15(20-11-13)19-10-12-5-4-6-14(23-2)16(12)21/h4-8,11,21H,3,9-10H2,1-2H3,(H,18,22)(H,19,20). The highest BCUT2D eigenvalue weighted by atomic mass is 16.5. The number of benzene rings is 1. The fraction of sp³-hybridized carbons (Fsp3) is 0.294. The zero-order valence-electron chi connectivity index (χ0n) is 13.3. The lowest BCUT2D eigenvalue weighted by molar-refractivity contribution is 0.0953. The number of hydrogen-bond donors (Lipinski definition) is 3. The minimum atomic E-state index is -0.128. The van der Waals surface area contributed by atoms with Crippen LogP contribution in [0.3, 0.4) is 0 Å². The zero-order valence-corrected chi connectivity index (χ0v) is 13.3. The SMILES string of the molecule is CCCNC(=O)c1ccc(NCc2cccc(OC)c2O)nc1. The molecule has 0 fully saturated rings. The average molecular weight is 315 g/mol. The molecule has 6 heteroatoms. The average Bonchev–Trinajstić information content (AvgIpc) is 2.59. The summed E-state index contributed by atoms with van der Waals surface area (Å²) in [6.07, 6.45) is 2.42. The summed E-state index contributed by atoms with van der Waals surface area (Å²) < 4.78 is 5.07. The van der Waals surface area contributed by atoms with Crippen molar-refractivity contribution in [1.82, 2.24) is 10.3 Å². The van der Waals surface area contributed by atoms with Crippen molar-refractivity contribution in [3.8, 4) is 11.5 Å². The van der Waals surface area contributed by atoms with Crippen LogP contribution in [-0.2, 0) is 6.54 Å². The largest absolute Gasteiger partial charge is 0.504 e. The first-order valence-corrected chi connectivity index (χ1v) is 7.48. The topological polar surface area (TPSA) is 83.5 Å². The highest BCUT2D eigenvalue weighted by Gasteiger charge is 2.08. The van der Waals surface area contributed by atoms with Crippen molar-refractivity contribution in [3.63, 3.8) is 0 Å². The first kappa shape index (κ1) is 16.6. The number of aromatic nitrogens is 1. The predicted octanol–water partition coefficient (Wildman–Crippen LogP) is 2.55. The van der Waals surface area contributed by atoms with Gasteiger partial charge in [0.15, 0.2) is 11.5 Å². The van der Waals surface area contributed by atoms with Gasteiger partial charge >= 0.3 is 0 Å². The molecule has 1 aromatic heterocycles. The number of nitrogens with one attached hydrogen (secondary N) is 2. The minimum Gasteiger partial charge on any atom is -0.504 e. The van der Waals surface area contributed by atoms with E-state index in [1.807, 2.05) is 13.0 Å². The molecule has 3 N–H and O–H groups in total. The number of amides is 1. The molecule has 1 aromatic carbocycles. The van der Waals surface area contributed by atoms with E-state index in [4.69, 9.17) is 4.74 Å². The number of rotatable bonds is 7. The molecule has 0 bridgehead atoms. The van der Waals surface area contributed by atoms with E-state index in [-0.39, 0.29) is 11.7 Å². The van der Waals surface area contributed by atoms with Crippen molar-refractivity contribution in [1.29, 1.82) is 0 Å². The summed E-state index contributed by atoms with van der Waals surface area (Å²) in [4.78, 5) is 16.0. The third kappa shape index (κ3) is 4.35. The number of carbonyl (C=O) groups is 1. The number of methoxy groups -OCH3 is 1. The first-order valence-electron chi connectivity index (χ1n) is 7.48. The molecule has 1 amide bonds. The van der Waals surface area contributed by atoms with Crippen LogP contribution in [0.5, 0.6) is 11.5 Å². The maximum Gasteiger partial charge on any atom is 0.252 e. The first-order chi connectivity index (χ1) is 11.2. The van der Waals surface area contributed by atoms with Gasteiger partial charge < -0.3 is 20.5 Å². The Bertz CT molecular complexity index is 657. The summed E-state index contributed by atoms with van der Waals surface area (Å²) in [5, 5.41) is 15.9. The molecule has 1 heterocycles. The second kappa shape index (κ2) is 8.03. The Morgan fingerprint density at radius 2 is 2.13 bits per heavy atom. The molecule has 0 spiro atoms. The summed E-state index contributed by atoms with van der Waals surface area (Å²) in [5.41, 5.74) is 1.23. The highest BCUT2D eigenvalue weighted by molar-refractivity contribution is 5.94. The third-order valence-electron chi connectivity index (χ3n) is 3.32. The van der Waals surface area contributed by atoms with Crippen LogP contribution < -0.4 is 15.4 Å². The molecule has 122 valence electrons. The Kier molecular flexibility index (Phi) is 5.80. The van der Waals surface area contributed by atoms with Crippen LogP contribution >= 0.6 is 0 Å². The van der Waals surface area contributed by atoms with Crippen LogP contribution in [0.4, 0.5) is 5.82 Å². The number of hydrogen-bond acceptors (Lipinski definition) is 5. The van der Waals surface area contributed by atoms with Crippen molar-refractivity contribution in [2.75, 3.05) is 19.0 Å². The molecule has 0 saturated heterocycles. The van der Waals surface area contributed by atoms with Crippen LogP contribution in [0.25, 0.3) is 0 Å². The second-order valence-electron chi connectivity index (χ2n) is 5.01. The van der Waals surface area contributed by atoms with Crippen LogP contribution in [0.15, 0.2) is 36.5 Å². The molecule has 0 unspecified atom stereocenters. The van der Waals surface area contributed by atoms with Gasteiger partial charge in [0.1, 0.15) is 5.82 Å². The van der Waals surface area contributed by atoms with Gasteiger partial charge in [-0.15, -0.1) is 0 Å². The van der Waals surface area contributed by atoms with E-state index >= 15 is 0 Å². The Morgan fingerprint density at radius 1 is 1.30 bits per heavy atom. The molecular weight excluding hydrogens is 294 g/mol. The molecule has 0 aliphatic heterocycles. The maximum absolute atomic E-state index is 11.8. The van der Waals surface area contributed by atoms with Gasteiger partial charge in [0.25, 0.3) is 5.91 Å². The summed E-state index contributed by atoms with van der Waals surface area (Å²) in [7, 11) is 1.51. The smallest absolute Gasteiger partial charge is 0.252 e. The number of pyridine rings is 1. The highest BCUT2D eigenvalue weighted by Crippen LogP contribution is 2.29. The summed E-state index contributed by atoms with van der Waals surface area (Å²) >= 11 is 0. The predicted molar refractivity (Wildman–Crippen MR) is 88.8 cm³/mol. The lowest BCUT2D eigenvalue weighted by Crippen LogP contribution is -2.24. The van der Waals surface area contributed by atoms with Gasteiger partial charge in [0.05, 0.1) is 12.7 Å². The fourth-order valence-electron chi connectivity index (χ4n) is 2.03. The van der Waals surface area contributed by atoms with E-state index < -0.39 is 0 Å². The van der Waals surface area contributed by atoms with Crippen LogP contribution in [0.1, 0.15) is 29.3 Å². The van der Waals surface area contributed by atoms with E-state index in [9.17, 15) is 9.90 Å². The number of ether oxygens (including phenoxy) is 1. The summed E-state index contributed by atoms with van der Waals surface area (Å²) in [5.74, 6) is 1.04. The van der Waals surface area contributed by atoms with E-state index in [0.717, 1.165) is 6.42 Å². The molecule has 23 heavy (non-hydrogen) atoms. The van der Waals surface area contributed by atoms with Crippen molar-refractivity contribution in [2.24, 2.45) is 0 Å². The lowest BCUT2D eigenvalue weighted by Gasteiger charge is -2.10. The summed E-state index contributed by atoms with van der Waals surface area (Å²) in [6, 6.07) is 8.76. The van der Waals surface area contributed by atoms with Gasteiger partial charge in [-0.05, 0) is 24.6 Å². The number of aromatic hydroxyl groups is 1. The quantitative estimate of drug-likeness (QED) is 0.731. The van der Waals surface area contributed by atoms with Crippen LogP contribution in [0.2, 0.25) is 0 Å². The molecule has 0 aliphatic carbocycles. The molecule has 0 aliphatic rings. The molecule has 0 atom stereocenters. The number of anilines is 1. The fourth-order valence-corrected chi connectivity index (χ4v) is 2.03. The normalized spacial score (nSPS) is 10.2. The molecule has 2 rings (SSSR count). The third-order valence-corrected chi connectivity index (χ3v) is 3.32. The molecule has 2 aromatic rings. The second-order valence-corrected chi connectivity index (χ2v) is 5.01. The Balaban J connectivity index is 1.98. The monoisotopic (exact) mass is 315 g/mol. The van der Waals surface area contributed by atoms with Gasteiger partial charge in [-0.25, -0.2) is 4.98 Å². The van der Waals surface area contributed by atoms with Crippen molar-refractivity contribution < 1.29 is 14.6 Å². The van der Waals surface area contributed by atoms with E-state index in [1.165, 1.54) is 13.3 Å². The van der Waals surface area contributed by atoms with Crippen LogP contribution in [-0.4, -0.2) is 29.7 Å². The van der Waals surface area contributed by atoms with Crippen molar-refractivity contribution >= 4 is 11.7 Å². The molecular formula is C17H21N3O3. The Labute approximate surface area is 135 Å². The van der Waals surface area contributed by atoms with Gasteiger partial charge in [-0.3, -0.25) is 4.79 Å². The number of phenolic OH excluding ortho intramolecular Hbond substituents is 1. The summed E-state index contributed by atoms with van der Waals surface area (Å²) in [6.45, 7) is 3.05. The lowest BCUT2D eigenvalue weighted by atomic mass is 10.2.